The molecule has 0 aliphatic rings. The SMILES string of the molecule is C#Cc1ccc(C(C(=O)NCCC(=O)OCC)N(CCO)C(=O)C(CC(C)C)NC(=O)OC(C)(C)C)cc1. The van der Waals surface area contributed by atoms with E-state index in [1.54, 1.807) is 52.0 Å². The molecule has 2 atom stereocenters. The molecule has 38 heavy (non-hydrogen) atoms. The van der Waals surface area contributed by atoms with Crippen LogP contribution in [0.1, 0.15) is 71.6 Å². The number of nitrogens with one attached hydrogen (secondary N) is 2. The topological polar surface area (TPSA) is 134 Å². The van der Waals surface area contributed by atoms with Gasteiger partial charge in [-0.2, -0.15) is 0 Å². The summed E-state index contributed by atoms with van der Waals surface area (Å²) in [5.41, 5.74) is 0.250. The third-order valence-electron chi connectivity index (χ3n) is 5.21. The average Bonchev–Trinajstić information content (AvgIpc) is 2.82. The maximum absolute atomic E-state index is 13.8. The van der Waals surface area contributed by atoms with Gasteiger partial charge in [0.1, 0.15) is 17.7 Å². The summed E-state index contributed by atoms with van der Waals surface area (Å²) >= 11 is 0. The number of benzene rings is 1. The third-order valence-corrected chi connectivity index (χ3v) is 5.21. The predicted molar refractivity (Wildman–Crippen MR) is 143 cm³/mol. The van der Waals surface area contributed by atoms with Crippen molar-refractivity contribution in [2.75, 3.05) is 26.3 Å². The van der Waals surface area contributed by atoms with Gasteiger partial charge in [-0.25, -0.2) is 4.79 Å². The molecule has 0 aliphatic heterocycles. The monoisotopic (exact) mass is 531 g/mol. The van der Waals surface area contributed by atoms with Gasteiger partial charge in [0.25, 0.3) is 0 Å². The van der Waals surface area contributed by atoms with Gasteiger partial charge in [0.15, 0.2) is 0 Å². The fourth-order valence-corrected chi connectivity index (χ4v) is 3.67. The molecule has 2 unspecified atom stereocenters. The number of hydrogen-bond acceptors (Lipinski definition) is 7. The molecule has 3 amide bonds. The Labute approximate surface area is 225 Å². The summed E-state index contributed by atoms with van der Waals surface area (Å²) in [6.45, 7) is 10.2. The number of ether oxygens (including phenoxy) is 2. The fraction of sp³-hybridized carbons (Fsp3) is 0.571. The van der Waals surface area contributed by atoms with Gasteiger partial charge >= 0.3 is 12.1 Å². The van der Waals surface area contributed by atoms with Crippen molar-refractivity contribution in [1.82, 2.24) is 15.5 Å². The van der Waals surface area contributed by atoms with E-state index < -0.39 is 48.2 Å². The molecule has 1 aromatic carbocycles. The van der Waals surface area contributed by atoms with Crippen LogP contribution in [-0.4, -0.2) is 71.8 Å². The van der Waals surface area contributed by atoms with E-state index in [0.717, 1.165) is 0 Å². The normalized spacial score (nSPS) is 12.6. The van der Waals surface area contributed by atoms with Gasteiger partial charge in [-0.05, 0) is 57.7 Å². The predicted octanol–water partition coefficient (Wildman–Crippen LogP) is 2.54. The van der Waals surface area contributed by atoms with E-state index in [0.29, 0.717) is 11.1 Å². The summed E-state index contributed by atoms with van der Waals surface area (Å²) in [5, 5.41) is 15.1. The first-order valence-electron chi connectivity index (χ1n) is 12.7. The molecule has 1 aromatic rings. The zero-order chi connectivity index (χ0) is 28.9. The van der Waals surface area contributed by atoms with Crippen LogP contribution in [0.15, 0.2) is 24.3 Å². The largest absolute Gasteiger partial charge is 0.466 e. The second-order valence-corrected chi connectivity index (χ2v) is 10.1. The molecule has 1 rings (SSSR count). The number of carbonyl (C=O) groups is 4. The highest BCUT2D eigenvalue weighted by atomic mass is 16.6. The maximum Gasteiger partial charge on any atom is 0.408 e. The maximum atomic E-state index is 13.8. The second kappa shape index (κ2) is 15.6. The van der Waals surface area contributed by atoms with Crippen molar-refractivity contribution in [1.29, 1.82) is 0 Å². The molecule has 0 aromatic heterocycles. The molecule has 0 fully saturated rings. The van der Waals surface area contributed by atoms with Crippen molar-refractivity contribution >= 4 is 23.9 Å². The lowest BCUT2D eigenvalue weighted by atomic mass is 9.98. The van der Waals surface area contributed by atoms with Crippen LogP contribution in [0.4, 0.5) is 4.79 Å². The van der Waals surface area contributed by atoms with Crippen molar-refractivity contribution in [3.05, 3.63) is 35.4 Å². The summed E-state index contributed by atoms with van der Waals surface area (Å²) in [6, 6.07) is 4.35. The number of alkyl carbamates (subject to hydrolysis) is 1. The minimum atomic E-state index is -1.17. The lowest BCUT2D eigenvalue weighted by molar-refractivity contribution is -0.144. The van der Waals surface area contributed by atoms with E-state index in [4.69, 9.17) is 15.9 Å². The summed E-state index contributed by atoms with van der Waals surface area (Å²) in [5.74, 6) is 0.922. The molecule has 0 bridgehead atoms. The first-order chi connectivity index (χ1) is 17.8. The number of carbonyl (C=O) groups excluding carboxylic acids is 4. The first kappa shape index (κ1) is 32.4. The summed E-state index contributed by atoms with van der Waals surface area (Å²) in [4.78, 5) is 52.8. The lowest BCUT2D eigenvalue weighted by Gasteiger charge is -2.34. The number of aliphatic hydroxyl groups excluding tert-OH is 1. The van der Waals surface area contributed by atoms with Gasteiger partial charge in [-0.3, -0.25) is 14.4 Å². The molecule has 0 aliphatic carbocycles. The first-order valence-corrected chi connectivity index (χ1v) is 12.7. The quantitative estimate of drug-likeness (QED) is 0.263. The van der Waals surface area contributed by atoms with Gasteiger partial charge < -0.3 is 30.1 Å². The van der Waals surface area contributed by atoms with Gasteiger partial charge in [0.05, 0.1) is 19.6 Å². The Kier molecular flexibility index (Phi) is 13.3. The Balaban J connectivity index is 3.37. The average molecular weight is 532 g/mol. The van der Waals surface area contributed by atoms with Gasteiger partial charge in [0.2, 0.25) is 11.8 Å². The van der Waals surface area contributed by atoms with Gasteiger partial charge in [-0.1, -0.05) is 31.9 Å². The molecule has 210 valence electrons. The van der Waals surface area contributed by atoms with E-state index in [-0.39, 0.29) is 38.5 Å². The molecule has 0 saturated carbocycles. The number of rotatable bonds is 13. The van der Waals surface area contributed by atoms with Crippen LogP contribution in [0.5, 0.6) is 0 Å². The minimum Gasteiger partial charge on any atom is -0.466 e. The van der Waals surface area contributed by atoms with E-state index in [1.807, 2.05) is 13.8 Å². The van der Waals surface area contributed by atoms with Crippen LogP contribution in [-0.2, 0) is 23.9 Å². The highest BCUT2D eigenvalue weighted by Crippen LogP contribution is 2.24. The second-order valence-electron chi connectivity index (χ2n) is 10.1. The van der Waals surface area contributed by atoms with Crippen LogP contribution < -0.4 is 10.6 Å². The zero-order valence-corrected chi connectivity index (χ0v) is 23.2. The Bertz CT molecular complexity index is 978. The van der Waals surface area contributed by atoms with Crippen molar-refractivity contribution in [3.8, 4) is 12.3 Å². The van der Waals surface area contributed by atoms with Crippen molar-refractivity contribution in [3.63, 3.8) is 0 Å². The molecule has 0 radical (unpaired) electrons. The molecule has 10 heteroatoms. The molecular formula is C28H41N3O7. The highest BCUT2D eigenvalue weighted by molar-refractivity contribution is 5.92. The molecule has 0 heterocycles. The van der Waals surface area contributed by atoms with E-state index in [2.05, 4.69) is 16.6 Å². The van der Waals surface area contributed by atoms with Crippen LogP contribution in [0, 0.1) is 18.3 Å². The smallest absolute Gasteiger partial charge is 0.408 e. The Morgan fingerprint density at radius 3 is 2.26 bits per heavy atom. The number of terminal acetylenes is 1. The van der Waals surface area contributed by atoms with Crippen molar-refractivity contribution in [2.24, 2.45) is 5.92 Å². The highest BCUT2D eigenvalue weighted by Gasteiger charge is 2.36. The molecule has 0 saturated heterocycles. The molecule has 3 N–H and O–H groups in total. The Morgan fingerprint density at radius 1 is 1.13 bits per heavy atom. The number of hydrogen-bond donors (Lipinski definition) is 3. The van der Waals surface area contributed by atoms with Crippen LogP contribution in [0.2, 0.25) is 0 Å². The number of amides is 3. The molecule has 0 spiro atoms. The van der Waals surface area contributed by atoms with Gasteiger partial charge in [0, 0.05) is 18.7 Å². The molecular weight excluding hydrogens is 490 g/mol. The summed E-state index contributed by atoms with van der Waals surface area (Å²) in [6.07, 6.45) is 4.92. The number of esters is 1. The van der Waals surface area contributed by atoms with E-state index >= 15 is 0 Å². The Hall–Kier alpha value is -3.58. The van der Waals surface area contributed by atoms with E-state index in [9.17, 15) is 24.3 Å². The van der Waals surface area contributed by atoms with Crippen molar-refractivity contribution in [2.45, 2.75) is 72.1 Å². The van der Waals surface area contributed by atoms with Crippen LogP contribution in [0.25, 0.3) is 0 Å². The Morgan fingerprint density at radius 2 is 1.76 bits per heavy atom. The third kappa shape index (κ3) is 11.2. The minimum absolute atomic E-state index is 0.0106. The standard InChI is InChI=1S/C28H41N3O7/c1-8-20-10-12-21(13-11-20)24(25(34)29-15-14-23(33)37-9-2)31(16-17-32)26(35)22(18-19(3)4)30-27(36)38-28(5,6)7/h1,10-13,19,22,24,32H,9,14-18H2,2-7H3,(H,29,34)(H,30,36). The van der Waals surface area contributed by atoms with Gasteiger partial charge in [-0.15, -0.1) is 6.42 Å². The summed E-state index contributed by atoms with van der Waals surface area (Å²) < 4.78 is 10.2. The summed E-state index contributed by atoms with van der Waals surface area (Å²) in [7, 11) is 0. The zero-order valence-electron chi connectivity index (χ0n) is 23.2. The fourth-order valence-electron chi connectivity index (χ4n) is 3.67. The van der Waals surface area contributed by atoms with Crippen LogP contribution in [0.3, 0.4) is 0 Å². The lowest BCUT2D eigenvalue weighted by Crippen LogP contribution is -2.54. The van der Waals surface area contributed by atoms with Crippen molar-refractivity contribution < 1.29 is 33.8 Å². The number of nitrogens with zero attached hydrogens (tertiary/aromatic N) is 1. The molecule has 10 nitrogen and oxygen atoms in total. The van der Waals surface area contributed by atoms with E-state index in [1.165, 1.54) is 4.90 Å². The van der Waals surface area contributed by atoms with Crippen LogP contribution >= 0.6 is 0 Å². The number of aliphatic hydroxyl groups is 1.